The van der Waals surface area contributed by atoms with Crippen molar-refractivity contribution in [3.05, 3.63) is 88.6 Å². The highest BCUT2D eigenvalue weighted by Gasteiger charge is 2.11. The molecule has 0 spiro atoms. The van der Waals surface area contributed by atoms with Crippen LogP contribution in [-0.2, 0) is 6.54 Å². The molecule has 2 heterocycles. The molecule has 0 aliphatic rings. The molecular weight excluding hydrogens is 354 g/mol. The average molecular weight is 373 g/mol. The van der Waals surface area contributed by atoms with Gasteiger partial charge in [0.25, 0.3) is 11.5 Å². The number of aromatic nitrogens is 4. The van der Waals surface area contributed by atoms with Crippen LogP contribution in [0.2, 0.25) is 0 Å². The zero-order chi connectivity index (χ0) is 19.5. The summed E-state index contributed by atoms with van der Waals surface area (Å²) in [7, 11) is 0. The van der Waals surface area contributed by atoms with Crippen LogP contribution in [0.5, 0.6) is 0 Å². The molecule has 28 heavy (non-hydrogen) atoms. The van der Waals surface area contributed by atoms with Gasteiger partial charge in [0.2, 0.25) is 0 Å². The number of aryl methyl sites for hydroxylation is 1. The van der Waals surface area contributed by atoms with Gasteiger partial charge in [-0.3, -0.25) is 14.3 Å². The summed E-state index contributed by atoms with van der Waals surface area (Å²) in [6.07, 6.45) is 3.54. The first-order valence-corrected chi connectivity index (χ1v) is 8.98. The van der Waals surface area contributed by atoms with Gasteiger partial charge in [0.15, 0.2) is 0 Å². The first-order valence-electron chi connectivity index (χ1n) is 8.98. The van der Waals surface area contributed by atoms with E-state index in [2.05, 4.69) is 15.5 Å². The molecule has 7 heteroatoms. The molecule has 0 aliphatic heterocycles. The maximum atomic E-state index is 12.9. The smallest absolute Gasteiger partial charge is 0.279 e. The summed E-state index contributed by atoms with van der Waals surface area (Å²) in [6.45, 7) is 2.91. The van der Waals surface area contributed by atoms with E-state index in [1.54, 1.807) is 41.2 Å². The van der Waals surface area contributed by atoms with Crippen LogP contribution in [0.4, 0.5) is 0 Å². The lowest BCUT2D eigenvalue weighted by Gasteiger charge is -2.10. The number of hydrogen-bond donors (Lipinski definition) is 1. The van der Waals surface area contributed by atoms with Crippen LogP contribution in [0.1, 0.15) is 16.1 Å². The summed E-state index contributed by atoms with van der Waals surface area (Å²) >= 11 is 0. The van der Waals surface area contributed by atoms with Crippen LogP contribution in [0.25, 0.3) is 16.5 Å². The summed E-state index contributed by atoms with van der Waals surface area (Å²) in [5.74, 6) is -0.209. The number of nitrogens with one attached hydrogen (secondary N) is 1. The Morgan fingerprint density at radius 3 is 2.68 bits per heavy atom. The second kappa shape index (κ2) is 7.48. The molecule has 0 radical (unpaired) electrons. The quantitative estimate of drug-likeness (QED) is 0.582. The zero-order valence-corrected chi connectivity index (χ0v) is 15.4. The first kappa shape index (κ1) is 17.7. The fourth-order valence-electron chi connectivity index (χ4n) is 3.12. The van der Waals surface area contributed by atoms with Gasteiger partial charge in [0, 0.05) is 29.9 Å². The van der Waals surface area contributed by atoms with Crippen molar-refractivity contribution in [1.29, 1.82) is 0 Å². The Morgan fingerprint density at radius 2 is 1.89 bits per heavy atom. The Labute approximate surface area is 161 Å². The lowest BCUT2D eigenvalue weighted by atomic mass is 10.1. The van der Waals surface area contributed by atoms with Crippen molar-refractivity contribution in [2.24, 2.45) is 0 Å². The lowest BCUT2D eigenvalue weighted by molar-refractivity contribution is 0.0952. The van der Waals surface area contributed by atoms with Crippen LogP contribution >= 0.6 is 0 Å². The molecule has 0 unspecified atom stereocenters. The fourth-order valence-corrected chi connectivity index (χ4v) is 3.12. The third-order valence-electron chi connectivity index (χ3n) is 4.53. The molecule has 2 aromatic carbocycles. The van der Waals surface area contributed by atoms with E-state index in [-0.39, 0.29) is 11.5 Å². The number of rotatable bonds is 5. The van der Waals surface area contributed by atoms with Crippen molar-refractivity contribution < 1.29 is 4.79 Å². The van der Waals surface area contributed by atoms with Gasteiger partial charge in [0.05, 0.1) is 23.3 Å². The molecule has 4 rings (SSSR count). The van der Waals surface area contributed by atoms with Gasteiger partial charge in [-0.2, -0.15) is 14.9 Å². The van der Waals surface area contributed by atoms with Crippen molar-refractivity contribution in [3.63, 3.8) is 0 Å². The van der Waals surface area contributed by atoms with Crippen LogP contribution in [0, 0.1) is 6.92 Å². The lowest BCUT2D eigenvalue weighted by Crippen LogP contribution is -2.28. The maximum absolute atomic E-state index is 12.9. The van der Waals surface area contributed by atoms with E-state index in [1.807, 2.05) is 37.4 Å². The molecule has 140 valence electrons. The van der Waals surface area contributed by atoms with Gasteiger partial charge in [-0.1, -0.05) is 24.3 Å². The minimum atomic E-state index is -0.211. The van der Waals surface area contributed by atoms with E-state index in [1.165, 1.54) is 4.68 Å². The minimum Gasteiger partial charge on any atom is -0.350 e. The Balaban J connectivity index is 1.60. The fraction of sp³-hybridized carbons (Fsp3) is 0.143. The van der Waals surface area contributed by atoms with Crippen molar-refractivity contribution in [2.75, 3.05) is 6.54 Å². The maximum Gasteiger partial charge on any atom is 0.279 e. The summed E-state index contributed by atoms with van der Waals surface area (Å²) < 4.78 is 3.09. The number of fused-ring (bicyclic) bond motifs is 1. The van der Waals surface area contributed by atoms with Crippen molar-refractivity contribution in [3.8, 4) is 5.69 Å². The van der Waals surface area contributed by atoms with Gasteiger partial charge in [0.1, 0.15) is 0 Å². The van der Waals surface area contributed by atoms with Crippen LogP contribution in [0.3, 0.4) is 0 Å². The first-order chi connectivity index (χ1) is 13.6. The number of carbonyl (C=O) groups excluding carboxylic acids is 1. The predicted octanol–water partition coefficient (Wildman–Crippen LogP) is 2.32. The number of amides is 1. The summed E-state index contributed by atoms with van der Waals surface area (Å²) in [6, 6.07) is 16.1. The van der Waals surface area contributed by atoms with E-state index < -0.39 is 0 Å². The SMILES string of the molecule is Cc1nn(-c2cccc(C(=O)NCCn3cccn3)c2)c(=O)c2ccccc12. The van der Waals surface area contributed by atoms with Gasteiger partial charge in [-0.05, 0) is 37.3 Å². The van der Waals surface area contributed by atoms with E-state index in [9.17, 15) is 9.59 Å². The van der Waals surface area contributed by atoms with Crippen molar-refractivity contribution in [2.45, 2.75) is 13.5 Å². The van der Waals surface area contributed by atoms with Crippen molar-refractivity contribution >= 4 is 16.7 Å². The molecule has 0 fully saturated rings. The molecule has 0 saturated carbocycles. The van der Waals surface area contributed by atoms with Crippen molar-refractivity contribution in [1.82, 2.24) is 24.9 Å². The highest BCUT2D eigenvalue weighted by atomic mass is 16.1. The van der Waals surface area contributed by atoms with Gasteiger partial charge in [-0.25, -0.2) is 0 Å². The molecule has 0 saturated heterocycles. The number of carbonyl (C=O) groups is 1. The normalized spacial score (nSPS) is 10.9. The third-order valence-corrected chi connectivity index (χ3v) is 4.53. The second-order valence-electron chi connectivity index (χ2n) is 6.42. The average Bonchev–Trinajstić information content (AvgIpc) is 3.24. The van der Waals surface area contributed by atoms with Crippen LogP contribution in [-0.4, -0.2) is 32.0 Å². The zero-order valence-electron chi connectivity index (χ0n) is 15.4. The monoisotopic (exact) mass is 373 g/mol. The van der Waals surface area contributed by atoms with Crippen LogP contribution in [0.15, 0.2) is 71.8 Å². The Kier molecular flexibility index (Phi) is 4.72. The van der Waals surface area contributed by atoms with E-state index in [0.717, 1.165) is 11.1 Å². The molecule has 1 amide bonds. The summed E-state index contributed by atoms with van der Waals surface area (Å²) in [5, 5.41) is 12.8. The summed E-state index contributed by atoms with van der Waals surface area (Å²) in [4.78, 5) is 25.3. The molecule has 0 atom stereocenters. The minimum absolute atomic E-state index is 0.209. The standard InChI is InChI=1S/C21H19N5O2/c1-15-18-8-2-3-9-19(18)21(28)26(24-15)17-7-4-6-16(14-17)20(27)22-11-13-25-12-5-10-23-25/h2-10,12,14H,11,13H2,1H3,(H,22,27). The van der Waals surface area contributed by atoms with E-state index >= 15 is 0 Å². The molecule has 0 aliphatic carbocycles. The second-order valence-corrected chi connectivity index (χ2v) is 6.42. The largest absolute Gasteiger partial charge is 0.350 e. The Bertz CT molecular complexity index is 1200. The summed E-state index contributed by atoms with van der Waals surface area (Å²) in [5.41, 5.74) is 1.57. The molecule has 1 N–H and O–H groups in total. The van der Waals surface area contributed by atoms with Gasteiger partial charge < -0.3 is 5.32 Å². The Morgan fingerprint density at radius 1 is 1.07 bits per heavy atom. The van der Waals surface area contributed by atoms with Crippen LogP contribution < -0.4 is 10.9 Å². The topological polar surface area (TPSA) is 81.8 Å². The number of hydrogen-bond acceptors (Lipinski definition) is 4. The third kappa shape index (κ3) is 3.42. The number of benzene rings is 2. The molecular formula is C21H19N5O2. The molecule has 7 nitrogen and oxygen atoms in total. The highest BCUT2D eigenvalue weighted by molar-refractivity contribution is 5.94. The predicted molar refractivity (Wildman–Crippen MR) is 107 cm³/mol. The highest BCUT2D eigenvalue weighted by Crippen LogP contribution is 2.15. The number of nitrogens with zero attached hydrogens (tertiary/aromatic N) is 4. The van der Waals surface area contributed by atoms with E-state index in [0.29, 0.717) is 29.7 Å². The van der Waals surface area contributed by atoms with E-state index in [4.69, 9.17) is 0 Å². The Hall–Kier alpha value is -3.74. The molecule has 0 bridgehead atoms. The molecule has 2 aromatic heterocycles. The van der Waals surface area contributed by atoms with Gasteiger partial charge in [-0.15, -0.1) is 0 Å². The van der Waals surface area contributed by atoms with Gasteiger partial charge >= 0.3 is 0 Å². The molecule has 4 aromatic rings.